The number of carboxylic acid groups (broad SMARTS) is 2. The van der Waals surface area contributed by atoms with Crippen molar-refractivity contribution in [2.24, 2.45) is 29.2 Å². The predicted octanol–water partition coefficient (Wildman–Crippen LogP) is -5.94. The Labute approximate surface area is 551 Å². The number of hydrogen-bond donors (Lipinski definition) is 18. The summed E-state index contributed by atoms with van der Waals surface area (Å²) < 4.78 is 0. The Bertz CT molecular complexity index is 2700. The highest BCUT2D eigenvalue weighted by Crippen LogP contribution is 2.22. The van der Waals surface area contributed by atoms with Crippen molar-refractivity contribution in [2.75, 3.05) is 26.2 Å². The first-order valence-electron chi connectivity index (χ1n) is 32.1. The molecule has 2 rings (SSSR count). The molecule has 35 nitrogen and oxygen atoms in total. The normalized spacial score (nSPS) is 18.7. The van der Waals surface area contributed by atoms with E-state index in [4.69, 9.17) is 11.5 Å². The molecule has 95 heavy (non-hydrogen) atoms. The number of unbranched alkanes of at least 4 members (excludes halogenated alkanes) is 1. The predicted molar refractivity (Wildman–Crippen MR) is 336 cm³/mol. The van der Waals surface area contributed by atoms with E-state index in [-0.39, 0.29) is 88.7 Å². The summed E-state index contributed by atoms with van der Waals surface area (Å²) in [5.74, 6) is -16.1. The minimum absolute atomic E-state index is 0.00725. The minimum atomic E-state index is -1.94. The van der Waals surface area contributed by atoms with Crippen molar-refractivity contribution in [3.63, 3.8) is 0 Å². The second kappa shape index (κ2) is 40.3. The number of amides is 13. The van der Waals surface area contributed by atoms with Gasteiger partial charge in [0.15, 0.2) is 0 Å². The lowest BCUT2D eigenvalue weighted by atomic mass is 9.98. The first-order valence-corrected chi connectivity index (χ1v) is 32.1. The van der Waals surface area contributed by atoms with E-state index in [0.29, 0.717) is 6.42 Å². The highest BCUT2D eigenvalue weighted by atomic mass is 16.4. The van der Waals surface area contributed by atoms with Gasteiger partial charge >= 0.3 is 11.9 Å². The number of likely N-dealkylation sites (tertiary alicyclic amines) is 2. The summed E-state index contributed by atoms with van der Waals surface area (Å²) in [6, 6.07) is -18.4. The fourth-order valence-electron chi connectivity index (χ4n) is 10.6. The zero-order valence-electron chi connectivity index (χ0n) is 55.8. The van der Waals surface area contributed by atoms with Gasteiger partial charge in [-0.25, -0.2) is 4.79 Å². The molecule has 13 amide bonds. The van der Waals surface area contributed by atoms with Gasteiger partial charge in [-0.05, 0) is 109 Å². The Morgan fingerprint density at radius 1 is 0.474 bits per heavy atom. The van der Waals surface area contributed by atoms with E-state index >= 15 is 0 Å². The van der Waals surface area contributed by atoms with Crippen molar-refractivity contribution >= 4 is 88.7 Å². The molecular weight excluding hydrogens is 1250 g/mol. The highest BCUT2D eigenvalue weighted by Gasteiger charge is 2.44. The highest BCUT2D eigenvalue weighted by molar-refractivity contribution is 6.00. The number of aliphatic hydroxyl groups excluding tert-OH is 4. The van der Waals surface area contributed by atoms with Gasteiger partial charge in [0.05, 0.1) is 24.9 Å². The Balaban J connectivity index is 2.40. The molecule has 2 heterocycles. The molecule has 0 saturated carbocycles. The summed E-state index contributed by atoms with van der Waals surface area (Å²) in [6.07, 6.45) is -6.01. The molecule has 538 valence electrons. The summed E-state index contributed by atoms with van der Waals surface area (Å²) in [4.78, 5) is 202. The van der Waals surface area contributed by atoms with Gasteiger partial charge in [-0.3, -0.25) is 67.1 Å². The van der Waals surface area contributed by atoms with Crippen LogP contribution in [0.25, 0.3) is 0 Å². The topological polar surface area (TPSA) is 556 Å². The van der Waals surface area contributed by atoms with E-state index in [1.807, 2.05) is 0 Å². The van der Waals surface area contributed by atoms with Crippen LogP contribution in [0, 0.1) is 17.8 Å². The van der Waals surface area contributed by atoms with Crippen LogP contribution in [-0.4, -0.2) is 246 Å². The minimum Gasteiger partial charge on any atom is -0.481 e. The van der Waals surface area contributed by atoms with Crippen LogP contribution in [0.4, 0.5) is 0 Å². The van der Waals surface area contributed by atoms with Crippen molar-refractivity contribution in [3.8, 4) is 0 Å². The molecule has 0 aromatic rings. The number of nitrogens with one attached hydrogen (secondary N) is 10. The van der Waals surface area contributed by atoms with Crippen LogP contribution >= 0.6 is 0 Å². The molecule has 0 radical (unpaired) electrons. The first kappa shape index (κ1) is 82.9. The lowest BCUT2D eigenvalue weighted by molar-refractivity contribution is -0.145. The molecule has 2 fully saturated rings. The van der Waals surface area contributed by atoms with Crippen LogP contribution in [0.5, 0.6) is 0 Å². The van der Waals surface area contributed by atoms with E-state index in [1.165, 1.54) is 20.8 Å². The monoisotopic (exact) mass is 1350 g/mol. The maximum Gasteiger partial charge on any atom is 0.326 e. The molecule has 0 aromatic carbocycles. The molecule has 0 spiro atoms. The summed E-state index contributed by atoms with van der Waals surface area (Å²) in [5, 5.41) is 85.5. The number of carboxylic acids is 2. The lowest BCUT2D eigenvalue weighted by Gasteiger charge is -2.32. The third kappa shape index (κ3) is 27.6. The fourth-order valence-corrected chi connectivity index (χ4v) is 10.6. The van der Waals surface area contributed by atoms with Gasteiger partial charge in [0.1, 0.15) is 72.5 Å². The number of primary amides is 1. The second-order valence-electron chi connectivity index (χ2n) is 25.4. The molecule has 0 bridgehead atoms. The van der Waals surface area contributed by atoms with Gasteiger partial charge in [0, 0.05) is 39.4 Å². The number of nitrogens with two attached hydrogens (primary N) is 2. The van der Waals surface area contributed by atoms with Crippen molar-refractivity contribution < 1.29 is 103 Å². The second-order valence-corrected chi connectivity index (χ2v) is 25.4. The van der Waals surface area contributed by atoms with Crippen LogP contribution in [0.2, 0.25) is 0 Å². The average Bonchev–Trinajstić information content (AvgIpc) is 1.87. The van der Waals surface area contributed by atoms with Crippen LogP contribution in [-0.2, 0) is 71.9 Å². The van der Waals surface area contributed by atoms with Crippen molar-refractivity contribution in [2.45, 2.75) is 244 Å². The van der Waals surface area contributed by atoms with Gasteiger partial charge in [-0.2, -0.15) is 0 Å². The van der Waals surface area contributed by atoms with E-state index in [9.17, 15) is 103 Å². The lowest BCUT2D eigenvalue weighted by Crippen LogP contribution is -2.62. The van der Waals surface area contributed by atoms with Crippen molar-refractivity contribution in [1.82, 2.24) is 63.0 Å². The zero-order valence-corrected chi connectivity index (χ0v) is 55.8. The third-order valence-electron chi connectivity index (χ3n) is 15.8. The molecule has 0 aromatic heterocycles. The maximum absolute atomic E-state index is 14.4. The molecule has 2 aliphatic rings. The number of carbonyl (C=O) groups is 15. The van der Waals surface area contributed by atoms with Crippen molar-refractivity contribution in [3.05, 3.63) is 0 Å². The quantitative estimate of drug-likeness (QED) is 0.0254. The Morgan fingerprint density at radius 2 is 0.884 bits per heavy atom. The van der Waals surface area contributed by atoms with Gasteiger partial charge in [0.2, 0.25) is 76.8 Å². The maximum atomic E-state index is 14.4. The number of nitrogens with zero attached hydrogens (tertiary/aromatic N) is 2. The van der Waals surface area contributed by atoms with E-state index < -0.39 is 212 Å². The van der Waals surface area contributed by atoms with E-state index in [2.05, 4.69) is 53.2 Å². The van der Waals surface area contributed by atoms with E-state index in [0.717, 1.165) is 16.7 Å². The van der Waals surface area contributed by atoms with Gasteiger partial charge in [0.25, 0.3) is 0 Å². The van der Waals surface area contributed by atoms with Gasteiger partial charge in [-0.1, -0.05) is 41.5 Å². The number of aliphatic carboxylic acids is 2. The molecular formula is C60H102N14O21. The Kier molecular flexibility index (Phi) is 35.2. The molecule has 2 saturated heterocycles. The zero-order chi connectivity index (χ0) is 72.3. The molecule has 0 aliphatic carbocycles. The average molecular weight is 1360 g/mol. The molecule has 2 aliphatic heterocycles. The Hall–Kier alpha value is -8.15. The number of carbonyl (C=O) groups excluding carboxylic acids is 13. The fraction of sp³-hybridized carbons (Fsp3) is 0.750. The van der Waals surface area contributed by atoms with Crippen LogP contribution in [0.15, 0.2) is 0 Å². The number of hydrogen-bond acceptors (Lipinski definition) is 20. The van der Waals surface area contributed by atoms with E-state index in [1.54, 1.807) is 41.5 Å². The summed E-state index contributed by atoms with van der Waals surface area (Å²) >= 11 is 0. The molecule has 0 unspecified atom stereocenters. The Morgan fingerprint density at radius 3 is 1.35 bits per heavy atom. The summed E-state index contributed by atoms with van der Waals surface area (Å²) in [5.41, 5.74) is 11.3. The summed E-state index contributed by atoms with van der Waals surface area (Å²) in [6.45, 7) is 13.9. The van der Waals surface area contributed by atoms with Gasteiger partial charge < -0.3 is 105 Å². The summed E-state index contributed by atoms with van der Waals surface area (Å²) in [7, 11) is 0. The van der Waals surface area contributed by atoms with Crippen LogP contribution < -0.4 is 64.6 Å². The molecule has 35 heteroatoms. The SMILES string of the molecule is CC(=O)NCCCC[C@H](NC(=O)[C@H](CCC(=O)O)NC(=O)[C@@H]1CCCN1C(=O)[C@@H](N)[C@@H](C)O)C(=O)N[C@@H](CO)C(=O)N[C@@H](CCC(N)=O)C(=O)N[C@H](C(=O)N1CCC[C@H]1C(=O)N[C@@H](CC(C)C)C(=O)N[C@H](C(=O)N[C@H](C(=O)N[C@@H](CC(C)C)C(=O)O)[C@@H](C)O)C(C)C)[C@@H](C)O. The third-order valence-corrected chi connectivity index (χ3v) is 15.8. The standard InChI is InChI=1S/C60H102N14O21/c1-28(2)25-38(52(86)70-46(30(5)6)56(90)71-47(32(8)77)57(91)68-39(60(94)95)26-29(3)4)67-55(89)42-17-14-24-74(42)59(93)48(33(9)78)72-51(85)36(18-20-43(61)80)65-53(87)40(27-75)69-49(83)35(15-11-12-22-63-34(10)79)64-50(84)37(19-21-44(81)82)66-54(88)41-16-13-23-73(41)58(92)45(62)31(7)76/h28-33,35-42,45-48,75-78H,11-27,62H2,1-10H3,(H2,61,80)(H,63,79)(H,64,84)(H,65,87)(H,66,88)(H,67,89)(H,68,91)(H,69,83)(H,70,86)(H,71,90)(H,72,85)(H,81,82)(H,94,95)/t31-,32-,33-,35+,36+,37+,38+,39+,40+,41+,42+,45+,46+,47+,48+/m1/s1. The smallest absolute Gasteiger partial charge is 0.326 e. The van der Waals surface area contributed by atoms with Crippen LogP contribution in [0.3, 0.4) is 0 Å². The number of rotatable bonds is 41. The molecule has 20 N–H and O–H groups in total. The first-order chi connectivity index (χ1) is 44.3. The van der Waals surface area contributed by atoms with Gasteiger partial charge in [-0.15, -0.1) is 0 Å². The number of aliphatic hydroxyl groups is 4. The van der Waals surface area contributed by atoms with Crippen molar-refractivity contribution in [1.29, 1.82) is 0 Å². The largest absolute Gasteiger partial charge is 0.481 e. The van der Waals surface area contributed by atoms with Crippen LogP contribution in [0.1, 0.15) is 153 Å². The molecule has 15 atom stereocenters.